The second kappa shape index (κ2) is 10.7. The van der Waals surface area contributed by atoms with Crippen molar-refractivity contribution in [2.45, 2.75) is 19.4 Å². The van der Waals surface area contributed by atoms with Gasteiger partial charge in [-0.25, -0.2) is 4.98 Å². The molecule has 10 heteroatoms. The summed E-state index contributed by atoms with van der Waals surface area (Å²) in [6.45, 7) is 4.22. The van der Waals surface area contributed by atoms with Gasteiger partial charge in [0.25, 0.3) is 5.91 Å². The summed E-state index contributed by atoms with van der Waals surface area (Å²) in [7, 11) is 5.36. The van der Waals surface area contributed by atoms with Gasteiger partial charge in [-0.1, -0.05) is 25.1 Å². The van der Waals surface area contributed by atoms with Crippen LogP contribution in [0.5, 0.6) is 5.75 Å². The van der Waals surface area contributed by atoms with Crippen molar-refractivity contribution >= 4 is 40.6 Å². The van der Waals surface area contributed by atoms with E-state index in [-0.39, 0.29) is 23.8 Å². The molecule has 2 amide bonds. The number of carbonyl (C=O) groups excluding carboxylic acids is 2. The number of carbonyl (C=O) groups is 2. The Hall–Kier alpha value is -4.18. The lowest BCUT2D eigenvalue weighted by molar-refractivity contribution is -0.121. The number of fused-ring (bicyclic) bond motifs is 1. The number of methoxy groups -OCH3 is 1. The number of para-hydroxylation sites is 1. The Bertz CT molecular complexity index is 1330. The Morgan fingerprint density at radius 1 is 1.11 bits per heavy atom. The van der Waals surface area contributed by atoms with Gasteiger partial charge < -0.3 is 30.1 Å². The third kappa shape index (κ3) is 5.12. The van der Waals surface area contributed by atoms with E-state index in [9.17, 15) is 9.59 Å². The summed E-state index contributed by atoms with van der Waals surface area (Å²) in [5, 5.41) is 6.33. The van der Waals surface area contributed by atoms with Crippen LogP contribution in [-0.4, -0.2) is 73.6 Å². The first-order chi connectivity index (χ1) is 18.3. The predicted octanol–water partition coefficient (Wildman–Crippen LogP) is 3.41. The van der Waals surface area contributed by atoms with Gasteiger partial charge in [0.1, 0.15) is 11.4 Å². The van der Waals surface area contributed by atoms with Crippen LogP contribution in [0.4, 0.5) is 28.8 Å². The number of benzene rings is 2. The first kappa shape index (κ1) is 25.5. The number of aromatic nitrogens is 2. The van der Waals surface area contributed by atoms with Gasteiger partial charge in [0.2, 0.25) is 11.9 Å². The first-order valence-corrected chi connectivity index (χ1v) is 12.8. The minimum absolute atomic E-state index is 0.00812. The molecule has 1 unspecified atom stereocenters. The minimum Gasteiger partial charge on any atom is -0.495 e. The van der Waals surface area contributed by atoms with Gasteiger partial charge in [-0.15, -0.1) is 0 Å². The molecule has 2 N–H and O–H groups in total. The lowest BCUT2D eigenvalue weighted by Crippen LogP contribution is -2.36. The number of likely N-dealkylation sites (N-methyl/N-ethyl adjacent to an activating group) is 1. The summed E-state index contributed by atoms with van der Waals surface area (Å²) in [6.07, 6.45) is 2.59. The van der Waals surface area contributed by atoms with Crippen molar-refractivity contribution in [2.24, 2.45) is 5.92 Å². The van der Waals surface area contributed by atoms with Crippen molar-refractivity contribution in [3.05, 3.63) is 60.3 Å². The monoisotopic (exact) mass is 515 g/mol. The molecule has 2 aliphatic heterocycles. The molecule has 2 atom stereocenters. The average molecular weight is 516 g/mol. The largest absolute Gasteiger partial charge is 0.495 e. The molecule has 1 aromatic heterocycles. The molecule has 1 fully saturated rings. The second-order valence-electron chi connectivity index (χ2n) is 9.91. The van der Waals surface area contributed by atoms with E-state index in [1.165, 1.54) is 0 Å². The van der Waals surface area contributed by atoms with Crippen molar-refractivity contribution in [3.63, 3.8) is 0 Å². The van der Waals surface area contributed by atoms with Gasteiger partial charge in [-0.05, 0) is 50.3 Å². The number of anilines is 5. The van der Waals surface area contributed by atoms with Crippen molar-refractivity contribution in [1.29, 1.82) is 0 Å². The maximum absolute atomic E-state index is 12.9. The molecule has 3 aromatic rings. The number of amides is 2. The van der Waals surface area contributed by atoms with Gasteiger partial charge in [-0.2, -0.15) is 4.98 Å². The van der Waals surface area contributed by atoms with Crippen molar-refractivity contribution in [1.82, 2.24) is 20.2 Å². The zero-order valence-corrected chi connectivity index (χ0v) is 22.1. The Morgan fingerprint density at radius 2 is 1.89 bits per heavy atom. The summed E-state index contributed by atoms with van der Waals surface area (Å²) in [4.78, 5) is 40.9. The summed E-state index contributed by atoms with van der Waals surface area (Å²) < 4.78 is 5.59. The van der Waals surface area contributed by atoms with Crippen LogP contribution in [0, 0.1) is 5.92 Å². The predicted molar refractivity (Wildman–Crippen MR) is 148 cm³/mol. The molecule has 38 heavy (non-hydrogen) atoms. The lowest BCUT2D eigenvalue weighted by atomic mass is 10.1. The zero-order valence-electron chi connectivity index (χ0n) is 22.1. The molecule has 0 radical (unpaired) electrons. The molecule has 3 heterocycles. The quantitative estimate of drug-likeness (QED) is 0.515. The van der Waals surface area contributed by atoms with Crippen LogP contribution in [0.3, 0.4) is 0 Å². The van der Waals surface area contributed by atoms with Crippen LogP contribution in [0.2, 0.25) is 0 Å². The van der Waals surface area contributed by atoms with Crippen molar-refractivity contribution in [3.8, 4) is 5.75 Å². The molecule has 2 aromatic carbocycles. The van der Waals surface area contributed by atoms with Crippen LogP contribution in [-0.2, 0) is 4.79 Å². The molecular weight excluding hydrogens is 482 g/mol. The molecular formula is C28H33N7O3. The maximum Gasteiger partial charge on any atom is 0.251 e. The fraction of sp³-hybridized carbons (Fsp3) is 0.357. The van der Waals surface area contributed by atoms with E-state index < -0.39 is 0 Å². The Labute approximate surface area is 222 Å². The second-order valence-corrected chi connectivity index (χ2v) is 9.91. The van der Waals surface area contributed by atoms with Crippen LogP contribution in [0.15, 0.2) is 54.7 Å². The van der Waals surface area contributed by atoms with Crippen LogP contribution in [0.25, 0.3) is 0 Å². The minimum atomic E-state index is -0.228. The molecule has 0 bridgehead atoms. The highest BCUT2D eigenvalue weighted by Gasteiger charge is 2.31. The van der Waals surface area contributed by atoms with Gasteiger partial charge in [0, 0.05) is 37.4 Å². The molecule has 0 saturated carbocycles. The molecule has 1 saturated heterocycles. The van der Waals surface area contributed by atoms with E-state index in [4.69, 9.17) is 9.72 Å². The topological polar surface area (TPSA) is 103 Å². The van der Waals surface area contributed by atoms with E-state index in [0.29, 0.717) is 41.0 Å². The van der Waals surface area contributed by atoms with Crippen LogP contribution >= 0.6 is 0 Å². The molecule has 0 aliphatic carbocycles. The summed E-state index contributed by atoms with van der Waals surface area (Å²) in [6, 6.07) is 15.3. The molecule has 10 nitrogen and oxygen atoms in total. The van der Waals surface area contributed by atoms with Crippen molar-refractivity contribution < 1.29 is 14.3 Å². The Kier molecular flexibility index (Phi) is 7.15. The third-order valence-corrected chi connectivity index (χ3v) is 7.08. The third-order valence-electron chi connectivity index (χ3n) is 7.08. The number of likely N-dealkylation sites (tertiary alicyclic amines) is 1. The molecule has 5 rings (SSSR count). The highest BCUT2D eigenvalue weighted by atomic mass is 16.5. The number of rotatable bonds is 6. The molecule has 2 aliphatic rings. The van der Waals surface area contributed by atoms with Crippen LogP contribution < -0.4 is 25.2 Å². The van der Waals surface area contributed by atoms with Crippen LogP contribution in [0.1, 0.15) is 23.7 Å². The molecule has 0 spiro atoms. The van der Waals surface area contributed by atoms with Gasteiger partial charge in [-0.3, -0.25) is 9.59 Å². The zero-order chi connectivity index (χ0) is 26.8. The number of nitrogens with zero attached hydrogens (tertiary/aromatic N) is 5. The van der Waals surface area contributed by atoms with Gasteiger partial charge in [0.05, 0.1) is 24.9 Å². The summed E-state index contributed by atoms with van der Waals surface area (Å²) in [5.74, 6) is 1.13. The van der Waals surface area contributed by atoms with E-state index >= 15 is 0 Å². The fourth-order valence-corrected chi connectivity index (χ4v) is 4.96. The normalized spacial score (nSPS) is 19.6. The van der Waals surface area contributed by atoms with E-state index in [1.54, 1.807) is 43.5 Å². The fourth-order valence-electron chi connectivity index (χ4n) is 4.96. The average Bonchev–Trinajstić information content (AvgIpc) is 3.31. The highest BCUT2D eigenvalue weighted by molar-refractivity contribution is 5.99. The van der Waals surface area contributed by atoms with E-state index in [0.717, 1.165) is 25.2 Å². The number of hydrogen-bond acceptors (Lipinski definition) is 8. The summed E-state index contributed by atoms with van der Waals surface area (Å²) >= 11 is 0. The highest BCUT2D eigenvalue weighted by Crippen LogP contribution is 2.37. The summed E-state index contributed by atoms with van der Waals surface area (Å²) in [5.41, 5.74) is 2.72. The Balaban J connectivity index is 1.43. The maximum atomic E-state index is 12.9. The van der Waals surface area contributed by atoms with Gasteiger partial charge in [0.15, 0.2) is 5.82 Å². The van der Waals surface area contributed by atoms with Gasteiger partial charge >= 0.3 is 0 Å². The van der Waals surface area contributed by atoms with E-state index in [1.807, 2.05) is 42.2 Å². The SMILES string of the molecule is COc1cc(C(=O)N[C@@H]2CCN(C)C2)ccc1Nc1ncc2c(n1)N(c1ccccc1)CC(C)C(=O)N2C. The number of nitrogens with one attached hydrogen (secondary N) is 2. The molecule has 198 valence electrons. The Morgan fingerprint density at radius 3 is 2.61 bits per heavy atom. The number of ether oxygens (including phenoxy) is 1. The standard InChI is InChI=1S/C28H33N7O3/c1-18-16-35(21-8-6-5-7-9-21)25-23(34(3)27(18)37)15-29-28(32-25)31-22-11-10-19(14-24(22)38-4)26(36)30-20-12-13-33(2)17-20/h5-11,14-15,18,20H,12-13,16-17H2,1-4H3,(H,30,36)(H,29,31,32)/t18?,20-/m1/s1. The first-order valence-electron chi connectivity index (χ1n) is 12.8. The smallest absolute Gasteiger partial charge is 0.251 e. The lowest BCUT2D eigenvalue weighted by Gasteiger charge is -2.25. The van der Waals surface area contributed by atoms with E-state index in [2.05, 4.69) is 27.6 Å². The van der Waals surface area contributed by atoms with Crippen molar-refractivity contribution in [2.75, 3.05) is 56.0 Å². The number of hydrogen-bond donors (Lipinski definition) is 2.